The number of carbonyl (C=O) groups excluding carboxylic acids is 1. The summed E-state index contributed by atoms with van der Waals surface area (Å²) in [6.07, 6.45) is -1.14. The van der Waals surface area contributed by atoms with Gasteiger partial charge in [0.05, 0.1) is 42.2 Å². The molecule has 0 spiro atoms. The Kier molecular flexibility index (Phi) is 7.15. The molecule has 8 nitrogen and oxygen atoms in total. The molecule has 3 aromatic rings. The number of carbonyl (C=O) groups is 1. The van der Waals surface area contributed by atoms with Crippen LogP contribution in [0.3, 0.4) is 0 Å². The zero-order valence-electron chi connectivity index (χ0n) is 19.0. The summed E-state index contributed by atoms with van der Waals surface area (Å²) in [6, 6.07) is 8.55. The molecule has 0 saturated carbocycles. The van der Waals surface area contributed by atoms with Crippen LogP contribution in [0.1, 0.15) is 35.5 Å². The van der Waals surface area contributed by atoms with E-state index in [1.807, 2.05) is 0 Å². The summed E-state index contributed by atoms with van der Waals surface area (Å²) in [5, 5.41) is 23.1. The van der Waals surface area contributed by atoms with Crippen LogP contribution in [0.25, 0.3) is 10.4 Å². The number of thiophene rings is 1. The van der Waals surface area contributed by atoms with Crippen LogP contribution in [-0.2, 0) is 21.7 Å². The number of rotatable bonds is 8. The summed E-state index contributed by atoms with van der Waals surface area (Å²) in [5.74, 6) is -2.16. The number of aromatic nitrogens is 1. The van der Waals surface area contributed by atoms with Crippen LogP contribution in [0.4, 0.5) is 19.6 Å². The Morgan fingerprint density at radius 1 is 1.29 bits per heavy atom. The number of hydrogen-bond acceptors (Lipinski definition) is 8. The maximum Gasteiger partial charge on any atom is 0.251 e. The molecule has 4 rings (SSSR count). The molecule has 11 heteroatoms. The van der Waals surface area contributed by atoms with E-state index in [1.54, 1.807) is 18.2 Å². The highest BCUT2D eigenvalue weighted by Crippen LogP contribution is 2.40. The molecule has 186 valence electrons. The smallest absolute Gasteiger partial charge is 0.251 e. The second kappa shape index (κ2) is 9.96. The third-order valence-electron chi connectivity index (χ3n) is 5.49. The minimum absolute atomic E-state index is 0.0463. The highest BCUT2D eigenvalue weighted by Gasteiger charge is 2.27. The molecule has 1 fully saturated rings. The standard InChI is InChI=1S/C24H25F2N3O5S/c1-24(2,32)12-6-15(25)21(16(26)7-12)19-8-14(22(27)31)23(35-19)29-20-5-3-4-13(28-20)9-34-18-11-33-10-17(18)30/h3-8,17-18,30,32H,9-11H2,1-2H3,(H2,27,31)(H,28,29)/t17-,18+/m0/s1. The van der Waals surface area contributed by atoms with Gasteiger partial charge in [-0.05, 0) is 49.7 Å². The van der Waals surface area contributed by atoms with E-state index in [0.717, 1.165) is 23.5 Å². The zero-order chi connectivity index (χ0) is 25.3. The summed E-state index contributed by atoms with van der Waals surface area (Å²) in [7, 11) is 0. The number of benzene rings is 1. The number of halogens is 2. The topological polar surface area (TPSA) is 127 Å². The third-order valence-corrected chi connectivity index (χ3v) is 6.55. The minimum atomic E-state index is -1.43. The van der Waals surface area contributed by atoms with Gasteiger partial charge in [0.15, 0.2) is 0 Å². The molecule has 0 radical (unpaired) electrons. The van der Waals surface area contributed by atoms with Crippen molar-refractivity contribution in [2.45, 2.75) is 38.3 Å². The van der Waals surface area contributed by atoms with Crippen LogP contribution in [0.5, 0.6) is 0 Å². The fourth-order valence-electron chi connectivity index (χ4n) is 3.57. The predicted molar refractivity (Wildman–Crippen MR) is 126 cm³/mol. The Hall–Kier alpha value is -2.96. The van der Waals surface area contributed by atoms with Crippen LogP contribution >= 0.6 is 11.3 Å². The molecule has 1 saturated heterocycles. The molecule has 35 heavy (non-hydrogen) atoms. The highest BCUT2D eigenvalue weighted by atomic mass is 32.1. The number of aliphatic hydroxyl groups is 2. The van der Waals surface area contributed by atoms with Gasteiger partial charge in [-0.15, -0.1) is 11.3 Å². The van der Waals surface area contributed by atoms with Gasteiger partial charge in [0.1, 0.15) is 34.7 Å². The molecule has 0 unspecified atom stereocenters. The molecular formula is C24H25F2N3O5S. The molecule has 0 aliphatic carbocycles. The van der Waals surface area contributed by atoms with Gasteiger partial charge >= 0.3 is 0 Å². The molecule has 1 aliphatic heterocycles. The van der Waals surface area contributed by atoms with Crippen LogP contribution in [0.15, 0.2) is 36.4 Å². The van der Waals surface area contributed by atoms with E-state index in [2.05, 4.69) is 10.3 Å². The van der Waals surface area contributed by atoms with Crippen molar-refractivity contribution in [1.82, 2.24) is 4.98 Å². The van der Waals surface area contributed by atoms with Gasteiger partial charge in [0.25, 0.3) is 5.91 Å². The first-order chi connectivity index (χ1) is 16.5. The number of hydrogen-bond donors (Lipinski definition) is 4. The molecule has 5 N–H and O–H groups in total. The zero-order valence-corrected chi connectivity index (χ0v) is 19.9. The highest BCUT2D eigenvalue weighted by molar-refractivity contribution is 7.20. The van der Waals surface area contributed by atoms with E-state index in [4.69, 9.17) is 15.2 Å². The number of pyridine rings is 1. The molecule has 3 heterocycles. The van der Waals surface area contributed by atoms with E-state index < -0.39 is 35.4 Å². The predicted octanol–water partition coefficient (Wildman–Crippen LogP) is 3.43. The molecule has 2 atom stereocenters. The monoisotopic (exact) mass is 505 g/mol. The fourth-order valence-corrected chi connectivity index (χ4v) is 4.69. The lowest BCUT2D eigenvalue weighted by molar-refractivity contribution is -0.0199. The van der Waals surface area contributed by atoms with Gasteiger partial charge in [0, 0.05) is 4.88 Å². The number of aliphatic hydroxyl groups excluding tert-OH is 1. The van der Waals surface area contributed by atoms with Crippen molar-refractivity contribution in [1.29, 1.82) is 0 Å². The minimum Gasteiger partial charge on any atom is -0.388 e. The van der Waals surface area contributed by atoms with Gasteiger partial charge < -0.3 is 30.7 Å². The number of primary amides is 1. The number of anilines is 2. The Morgan fingerprint density at radius 2 is 2.00 bits per heavy atom. The van der Waals surface area contributed by atoms with Crippen LogP contribution in [-0.4, -0.2) is 46.5 Å². The summed E-state index contributed by atoms with van der Waals surface area (Å²) in [4.78, 5) is 16.6. The van der Waals surface area contributed by atoms with E-state index in [-0.39, 0.29) is 39.8 Å². The number of nitrogens with zero attached hydrogens (tertiary/aromatic N) is 1. The lowest BCUT2D eigenvalue weighted by Gasteiger charge is -2.18. The first-order valence-corrected chi connectivity index (χ1v) is 11.6. The van der Waals surface area contributed by atoms with Crippen molar-refractivity contribution in [3.8, 4) is 10.4 Å². The average molecular weight is 506 g/mol. The van der Waals surface area contributed by atoms with Crippen LogP contribution in [0.2, 0.25) is 0 Å². The summed E-state index contributed by atoms with van der Waals surface area (Å²) in [5.41, 5.74) is 4.45. The first kappa shape index (κ1) is 25.1. The van der Waals surface area contributed by atoms with Crippen molar-refractivity contribution < 1.29 is 33.3 Å². The number of amides is 1. The summed E-state index contributed by atoms with van der Waals surface area (Å²) >= 11 is 0.942. The van der Waals surface area contributed by atoms with Crippen LogP contribution in [0, 0.1) is 11.6 Å². The van der Waals surface area contributed by atoms with Gasteiger partial charge in [0.2, 0.25) is 0 Å². The lowest BCUT2D eigenvalue weighted by Crippen LogP contribution is -2.26. The second-order valence-electron chi connectivity index (χ2n) is 8.69. The SMILES string of the molecule is CC(C)(O)c1cc(F)c(-c2cc(C(N)=O)c(Nc3cccc(CO[C@@H]4COC[C@@H]4O)n3)s2)c(F)c1. The molecule has 1 aliphatic rings. The molecule has 1 aromatic carbocycles. The van der Waals surface area contributed by atoms with E-state index in [1.165, 1.54) is 19.9 Å². The average Bonchev–Trinajstić information content (AvgIpc) is 3.37. The van der Waals surface area contributed by atoms with Gasteiger partial charge in [-0.25, -0.2) is 13.8 Å². The van der Waals surface area contributed by atoms with Crippen molar-refractivity contribution in [3.05, 3.63) is 64.9 Å². The van der Waals surface area contributed by atoms with Gasteiger partial charge in [-0.2, -0.15) is 0 Å². The van der Waals surface area contributed by atoms with Crippen LogP contribution < -0.4 is 11.1 Å². The Balaban J connectivity index is 1.59. The van der Waals surface area contributed by atoms with Crippen molar-refractivity contribution in [2.75, 3.05) is 18.5 Å². The molecular weight excluding hydrogens is 480 g/mol. The Morgan fingerprint density at radius 3 is 2.60 bits per heavy atom. The Bertz CT molecular complexity index is 1220. The number of ether oxygens (including phenoxy) is 2. The molecule has 1 amide bonds. The van der Waals surface area contributed by atoms with E-state index in [0.29, 0.717) is 18.1 Å². The van der Waals surface area contributed by atoms with E-state index in [9.17, 15) is 23.8 Å². The number of nitrogens with two attached hydrogens (primary N) is 1. The van der Waals surface area contributed by atoms with Crippen molar-refractivity contribution in [3.63, 3.8) is 0 Å². The third kappa shape index (κ3) is 5.65. The normalized spacial score (nSPS) is 18.1. The summed E-state index contributed by atoms with van der Waals surface area (Å²) < 4.78 is 40.5. The largest absolute Gasteiger partial charge is 0.388 e. The quantitative estimate of drug-likeness (QED) is 0.369. The molecule has 2 aromatic heterocycles. The van der Waals surface area contributed by atoms with Gasteiger partial charge in [-0.1, -0.05) is 6.07 Å². The maximum atomic E-state index is 14.9. The van der Waals surface area contributed by atoms with Gasteiger partial charge in [-0.3, -0.25) is 4.79 Å². The van der Waals surface area contributed by atoms with Crippen molar-refractivity contribution >= 4 is 28.1 Å². The summed E-state index contributed by atoms with van der Waals surface area (Å²) in [6.45, 7) is 3.49. The molecule has 0 bridgehead atoms. The Labute approximate surface area is 204 Å². The fraction of sp³-hybridized carbons (Fsp3) is 0.333. The lowest BCUT2D eigenvalue weighted by atomic mass is 9.96. The second-order valence-corrected chi connectivity index (χ2v) is 9.74. The van der Waals surface area contributed by atoms with E-state index >= 15 is 0 Å². The number of nitrogens with one attached hydrogen (secondary N) is 1. The van der Waals surface area contributed by atoms with Crippen molar-refractivity contribution in [2.24, 2.45) is 5.73 Å². The maximum absolute atomic E-state index is 14.9. The first-order valence-electron chi connectivity index (χ1n) is 10.8.